The zero-order valence-electron chi connectivity index (χ0n) is 36.3. The molecule has 2 aliphatic carbocycles. The van der Waals surface area contributed by atoms with Crippen LogP contribution in [0.3, 0.4) is 0 Å². The van der Waals surface area contributed by atoms with Crippen molar-refractivity contribution < 1.29 is 41.8 Å². The molecule has 14 nitrogen and oxygen atoms in total. The highest BCUT2D eigenvalue weighted by molar-refractivity contribution is 7.91. The number of carbonyl (C=O) groups is 4. The van der Waals surface area contributed by atoms with E-state index < -0.39 is 44.3 Å². The van der Waals surface area contributed by atoms with Crippen molar-refractivity contribution in [3.63, 3.8) is 0 Å². The number of hydrogen-bond donors (Lipinski definition) is 2. The van der Waals surface area contributed by atoms with Gasteiger partial charge in [0.2, 0.25) is 21.8 Å². The van der Waals surface area contributed by atoms with E-state index in [9.17, 15) is 22.8 Å². The molecule has 4 heterocycles. The third kappa shape index (κ3) is 9.06. The lowest BCUT2D eigenvalue weighted by molar-refractivity contribution is -0.139. The first kappa shape index (κ1) is 44.3. The number of methoxy groups -OCH3 is 1. The summed E-state index contributed by atoms with van der Waals surface area (Å²) in [4.78, 5) is 66.7. The minimum absolute atomic E-state index is 0.0695. The number of pyridine rings is 1. The van der Waals surface area contributed by atoms with Gasteiger partial charge in [0.15, 0.2) is 5.78 Å². The molecule has 2 aromatic carbocycles. The fourth-order valence-corrected chi connectivity index (χ4v) is 11.1. The lowest BCUT2D eigenvalue weighted by Gasteiger charge is -2.30. The van der Waals surface area contributed by atoms with Gasteiger partial charge in [-0.05, 0) is 88.5 Å². The number of ketones is 1. The molecule has 4 aromatic rings. The van der Waals surface area contributed by atoms with Crippen LogP contribution in [-0.4, -0.2) is 83.9 Å². The molecular weight excluding hydrogens is 843 g/mol. The van der Waals surface area contributed by atoms with Gasteiger partial charge in [-0.15, -0.1) is 11.3 Å². The number of Topliss-reactive ketones (excluding diaryl/α,β-unsaturated/α-hetero) is 1. The molecular formula is C47H55N5O9S2. The molecule has 2 aliphatic heterocycles. The Bertz CT molecular complexity index is 2570. The highest BCUT2D eigenvalue weighted by Gasteiger charge is 2.62. The largest absolute Gasteiger partial charge is 0.496 e. The number of rotatable bonds is 12. The molecule has 5 atom stereocenters. The van der Waals surface area contributed by atoms with Crippen LogP contribution in [-0.2, 0) is 29.2 Å². The van der Waals surface area contributed by atoms with Crippen molar-refractivity contribution in [1.29, 1.82) is 0 Å². The number of benzene rings is 2. The quantitative estimate of drug-likeness (QED) is 0.105. The number of sulfonamides is 1. The van der Waals surface area contributed by atoms with E-state index in [1.54, 1.807) is 43.2 Å². The zero-order chi connectivity index (χ0) is 44.7. The SMILES string of the molecule is COc1ccc2c(O[C@@H]3C[C@H]4C(=O)C[C@]5(C(=O)NS(=O)(=O)C6(C)CC6)C[C@@H]5/C=C\CCCCC[C@H](Nc5cccc(OC=O)c5)C(=O)N4C3)cc(-c3nc(C(C)C)cs3)nc2c1C. The lowest BCUT2D eigenvalue weighted by Crippen LogP contribution is -2.49. The molecule has 2 saturated carbocycles. The summed E-state index contributed by atoms with van der Waals surface area (Å²) < 4.78 is 45.7. The van der Waals surface area contributed by atoms with Gasteiger partial charge >= 0.3 is 0 Å². The van der Waals surface area contributed by atoms with Gasteiger partial charge in [-0.1, -0.05) is 44.9 Å². The Hall–Kier alpha value is -5.35. The molecule has 63 heavy (non-hydrogen) atoms. The maximum atomic E-state index is 15.0. The van der Waals surface area contributed by atoms with Crippen LogP contribution in [0.1, 0.15) is 102 Å². The van der Waals surface area contributed by atoms with Crippen LogP contribution in [0, 0.1) is 18.3 Å². The first-order valence-corrected chi connectivity index (χ1v) is 24.2. The van der Waals surface area contributed by atoms with Crippen LogP contribution in [0.25, 0.3) is 21.6 Å². The number of aromatic nitrogens is 2. The number of carbonyl (C=O) groups excluding carboxylic acids is 4. The first-order valence-electron chi connectivity index (χ1n) is 21.8. The smallest absolute Gasteiger partial charge is 0.298 e. The number of nitrogens with one attached hydrogen (secondary N) is 2. The summed E-state index contributed by atoms with van der Waals surface area (Å²) >= 11 is 1.49. The zero-order valence-corrected chi connectivity index (χ0v) is 38.0. The van der Waals surface area contributed by atoms with E-state index >= 15 is 4.79 Å². The number of nitrogens with zero attached hydrogens (tertiary/aromatic N) is 3. The van der Waals surface area contributed by atoms with E-state index in [1.807, 2.05) is 42.7 Å². The molecule has 2 aromatic heterocycles. The predicted molar refractivity (Wildman–Crippen MR) is 240 cm³/mol. The van der Waals surface area contributed by atoms with Crippen molar-refractivity contribution in [3.05, 3.63) is 71.3 Å². The van der Waals surface area contributed by atoms with Gasteiger partial charge in [0.05, 0.1) is 41.1 Å². The number of hydrogen-bond acceptors (Lipinski definition) is 13. The maximum absolute atomic E-state index is 15.0. The van der Waals surface area contributed by atoms with Gasteiger partial charge in [-0.25, -0.2) is 18.4 Å². The highest BCUT2D eigenvalue weighted by atomic mass is 32.2. The van der Waals surface area contributed by atoms with Gasteiger partial charge < -0.3 is 24.4 Å². The molecule has 2 N–H and O–H groups in total. The van der Waals surface area contributed by atoms with Crippen molar-refractivity contribution in [3.8, 4) is 28.0 Å². The Morgan fingerprint density at radius 1 is 1.06 bits per heavy atom. The molecule has 0 spiro atoms. The van der Waals surface area contributed by atoms with E-state index in [1.165, 1.54) is 11.3 Å². The average molecular weight is 898 g/mol. The minimum Gasteiger partial charge on any atom is -0.496 e. The minimum atomic E-state index is -3.97. The predicted octanol–water partition coefficient (Wildman–Crippen LogP) is 7.65. The molecule has 1 saturated heterocycles. The summed E-state index contributed by atoms with van der Waals surface area (Å²) in [5.41, 5.74) is 2.35. The van der Waals surface area contributed by atoms with Crippen LogP contribution in [0.5, 0.6) is 17.2 Å². The number of fused-ring (bicyclic) bond motifs is 3. The van der Waals surface area contributed by atoms with Crippen LogP contribution in [0.4, 0.5) is 5.69 Å². The van der Waals surface area contributed by atoms with Gasteiger partial charge in [-0.3, -0.25) is 23.9 Å². The molecule has 16 heteroatoms. The van der Waals surface area contributed by atoms with Crippen LogP contribution in [0.15, 0.2) is 60.0 Å². The molecule has 334 valence electrons. The van der Waals surface area contributed by atoms with E-state index in [-0.39, 0.29) is 42.9 Å². The molecule has 2 amide bonds. The first-order chi connectivity index (χ1) is 30.1. The number of aryl methyl sites for hydroxylation is 1. The standard InChI is InChI=1S/C47H55N5O9S2/c1-28(2)37-26-62-43(50-37)36-22-41(34-16-17-40(59-5)29(3)42(34)49-36)61-33-21-38-39(54)24-47(45(56)51-63(57,58)46(4)18-19-46)23-30(47)12-9-7-6-8-10-15-35(44(55)52(38)25-33)48-31-13-11-14-32(20-31)60-27-53/h9,11-14,16-17,20,22,26-28,30,33,35,38,48H,6-8,10,15,18-19,21,23-25H2,1-5H3,(H,51,56)/b12-9-/t30-,33+,35-,38-,47+/m0/s1. The Morgan fingerprint density at radius 2 is 1.87 bits per heavy atom. The molecule has 3 fully saturated rings. The summed E-state index contributed by atoms with van der Waals surface area (Å²) in [7, 11) is -2.36. The second kappa shape index (κ2) is 17.7. The summed E-state index contributed by atoms with van der Waals surface area (Å²) in [5, 5.41) is 6.84. The van der Waals surface area contributed by atoms with Gasteiger partial charge in [0, 0.05) is 47.0 Å². The van der Waals surface area contributed by atoms with E-state index in [4.69, 9.17) is 24.2 Å². The summed E-state index contributed by atoms with van der Waals surface area (Å²) in [6.45, 7) is 8.13. The highest BCUT2D eigenvalue weighted by Crippen LogP contribution is 2.57. The summed E-state index contributed by atoms with van der Waals surface area (Å²) in [6.07, 6.45) is 8.03. The van der Waals surface area contributed by atoms with E-state index in [0.717, 1.165) is 40.9 Å². The van der Waals surface area contributed by atoms with Crippen molar-refractivity contribution >= 4 is 62.0 Å². The third-order valence-corrected chi connectivity index (χ3v) is 16.2. The van der Waals surface area contributed by atoms with Crippen molar-refractivity contribution in [2.45, 2.75) is 121 Å². The molecule has 0 bridgehead atoms. The maximum Gasteiger partial charge on any atom is 0.298 e. The van der Waals surface area contributed by atoms with E-state index in [2.05, 4.69) is 23.9 Å². The third-order valence-electron chi connectivity index (χ3n) is 13.2. The Balaban J connectivity index is 1.16. The number of ether oxygens (including phenoxy) is 3. The monoisotopic (exact) mass is 897 g/mol. The lowest BCUT2D eigenvalue weighted by atomic mass is 9.91. The molecule has 0 unspecified atom stereocenters. The van der Waals surface area contributed by atoms with E-state index in [0.29, 0.717) is 72.7 Å². The second-order valence-corrected chi connectivity index (χ2v) is 21.1. The number of amides is 2. The normalized spacial score (nSPS) is 25.3. The Morgan fingerprint density at radius 3 is 2.60 bits per heavy atom. The Labute approximate surface area is 372 Å². The molecule has 4 aliphatic rings. The number of allylic oxidation sites excluding steroid dienone is 2. The van der Waals surface area contributed by atoms with Gasteiger partial charge in [0.25, 0.3) is 6.47 Å². The fourth-order valence-electron chi connectivity index (χ4n) is 8.86. The van der Waals surface area contributed by atoms with Crippen molar-refractivity contribution in [2.24, 2.45) is 11.3 Å². The number of anilines is 1. The molecule has 0 radical (unpaired) electrons. The molecule has 8 rings (SSSR count). The summed E-state index contributed by atoms with van der Waals surface area (Å²) in [6, 6.07) is 10.7. The Kier molecular flexibility index (Phi) is 12.4. The number of thiazole rings is 1. The topological polar surface area (TPSA) is 183 Å². The van der Waals surface area contributed by atoms with Crippen LogP contribution < -0.4 is 24.2 Å². The average Bonchev–Trinajstić information content (AvgIpc) is 4.02. The fraction of sp³-hybridized carbons (Fsp3) is 0.489. The van der Waals surface area contributed by atoms with Crippen molar-refractivity contribution in [1.82, 2.24) is 19.6 Å². The van der Waals surface area contributed by atoms with Crippen molar-refractivity contribution in [2.75, 3.05) is 19.0 Å². The van der Waals surface area contributed by atoms with Crippen LogP contribution >= 0.6 is 11.3 Å². The van der Waals surface area contributed by atoms with Gasteiger partial charge in [-0.2, -0.15) is 0 Å². The van der Waals surface area contributed by atoms with Crippen LogP contribution in [0.2, 0.25) is 0 Å². The summed E-state index contributed by atoms with van der Waals surface area (Å²) in [5.74, 6) is 0.0538. The van der Waals surface area contributed by atoms with Gasteiger partial charge in [0.1, 0.15) is 40.1 Å². The second-order valence-electron chi connectivity index (χ2n) is 18.0.